The Bertz CT molecular complexity index is 863. The van der Waals surface area contributed by atoms with E-state index in [-0.39, 0.29) is 22.7 Å². The number of amides is 1. The fourth-order valence-electron chi connectivity index (χ4n) is 1.90. The van der Waals surface area contributed by atoms with Crippen molar-refractivity contribution >= 4 is 16.1 Å². The van der Waals surface area contributed by atoms with Crippen molar-refractivity contribution in [1.29, 1.82) is 0 Å². The monoisotopic (exact) mass is 382 g/mol. The Morgan fingerprint density at radius 1 is 1.27 bits per heavy atom. The molecule has 0 bridgehead atoms. The van der Waals surface area contributed by atoms with Crippen molar-refractivity contribution in [2.24, 2.45) is 5.73 Å². The average molecular weight is 382 g/mol. The van der Waals surface area contributed by atoms with E-state index in [1.165, 1.54) is 19.2 Å². The third kappa shape index (κ3) is 4.80. The summed E-state index contributed by atoms with van der Waals surface area (Å²) in [6, 6.07) is 7.80. The first kappa shape index (κ1) is 19.4. The number of benzene rings is 1. The molecule has 1 aromatic carbocycles. The zero-order valence-corrected chi connectivity index (χ0v) is 14.9. The number of carbonyl (C=O) groups is 1. The summed E-state index contributed by atoms with van der Waals surface area (Å²) in [7, 11) is -1.56. The lowest BCUT2D eigenvalue weighted by Gasteiger charge is -2.14. The Kier molecular flexibility index (Phi) is 5.95. The lowest BCUT2D eigenvalue weighted by Crippen LogP contribution is -2.32. The summed E-state index contributed by atoms with van der Waals surface area (Å²) >= 11 is 0. The molecule has 1 amide bonds. The van der Waals surface area contributed by atoms with Crippen LogP contribution >= 0.6 is 0 Å². The van der Waals surface area contributed by atoms with E-state index in [1.54, 1.807) is 18.2 Å². The minimum Gasteiger partial charge on any atom is -0.467 e. The van der Waals surface area contributed by atoms with Gasteiger partial charge in [0.15, 0.2) is 0 Å². The predicted octanol–water partition coefficient (Wildman–Crippen LogP) is 1.18. The molecule has 140 valence electrons. The van der Waals surface area contributed by atoms with Gasteiger partial charge in [0, 0.05) is 19.7 Å². The summed E-state index contributed by atoms with van der Waals surface area (Å²) in [5.41, 5.74) is 6.50. The molecule has 2 aromatic rings. The molecular formula is C15H18N4O6S. The minimum absolute atomic E-state index is 0.113. The number of nitrogens with zero attached hydrogens (tertiary/aromatic N) is 3. The largest absolute Gasteiger partial charge is 0.467 e. The topological polar surface area (TPSA) is 145 Å². The van der Waals surface area contributed by atoms with Gasteiger partial charge in [0.05, 0.1) is 18.6 Å². The Labute approximate surface area is 150 Å². The van der Waals surface area contributed by atoms with Crippen molar-refractivity contribution in [3.8, 4) is 17.6 Å². The first-order valence-corrected chi connectivity index (χ1v) is 8.94. The number of hydrogen-bond acceptors (Lipinski definition) is 8. The fourth-order valence-corrected chi connectivity index (χ4v) is 2.94. The predicted molar refractivity (Wildman–Crippen MR) is 91.4 cm³/mol. The molecule has 1 aromatic heterocycles. The van der Waals surface area contributed by atoms with Gasteiger partial charge in [-0.15, -0.1) is 0 Å². The van der Waals surface area contributed by atoms with Crippen LogP contribution < -0.4 is 15.2 Å². The summed E-state index contributed by atoms with van der Waals surface area (Å²) < 4.78 is 34.7. The third-order valence-corrected chi connectivity index (χ3v) is 5.00. The van der Waals surface area contributed by atoms with Crippen molar-refractivity contribution < 1.29 is 27.8 Å². The average Bonchev–Trinajstić information content (AvgIpc) is 2.61. The van der Waals surface area contributed by atoms with Gasteiger partial charge in [0.1, 0.15) is 5.75 Å². The van der Waals surface area contributed by atoms with Gasteiger partial charge in [0.25, 0.3) is 0 Å². The van der Waals surface area contributed by atoms with Gasteiger partial charge in [-0.25, -0.2) is 17.5 Å². The van der Waals surface area contributed by atoms with Gasteiger partial charge < -0.3 is 20.3 Å². The Hall–Kier alpha value is -2.92. The van der Waals surface area contributed by atoms with E-state index in [9.17, 15) is 13.2 Å². The third-order valence-electron chi connectivity index (χ3n) is 3.31. The van der Waals surface area contributed by atoms with E-state index in [1.807, 2.05) is 0 Å². The number of ether oxygens (including phenoxy) is 2. The van der Waals surface area contributed by atoms with E-state index >= 15 is 0 Å². The smallest absolute Gasteiger partial charge is 0.420 e. The Morgan fingerprint density at radius 2 is 1.92 bits per heavy atom. The molecule has 10 nitrogen and oxygen atoms in total. The second kappa shape index (κ2) is 7.97. The standard InChI is InChI=1S/C15H18N4O6S/c1-19(15(20)21)26(22,23)9-10-3-5-12(6-4-10)25-13-7-11(8-16)17-14(18-13)24-2/h3-7H,8-9,16H2,1-2H3,(H,20,21). The highest BCUT2D eigenvalue weighted by Gasteiger charge is 2.23. The molecular weight excluding hydrogens is 364 g/mol. The summed E-state index contributed by atoms with van der Waals surface area (Å²) in [6.07, 6.45) is -1.54. The molecule has 2 rings (SSSR count). The molecule has 11 heteroatoms. The summed E-state index contributed by atoms with van der Waals surface area (Å²) in [4.78, 5) is 18.9. The van der Waals surface area contributed by atoms with E-state index in [4.69, 9.17) is 20.3 Å². The van der Waals surface area contributed by atoms with Crippen LogP contribution in [0.4, 0.5) is 4.79 Å². The van der Waals surface area contributed by atoms with Gasteiger partial charge in [-0.05, 0) is 17.7 Å². The highest BCUT2D eigenvalue weighted by atomic mass is 32.2. The van der Waals surface area contributed by atoms with Crippen LogP contribution in [0.3, 0.4) is 0 Å². The van der Waals surface area contributed by atoms with Gasteiger partial charge >= 0.3 is 12.1 Å². The maximum absolute atomic E-state index is 11.9. The molecule has 3 N–H and O–H groups in total. The van der Waals surface area contributed by atoms with E-state index in [0.717, 1.165) is 7.05 Å². The van der Waals surface area contributed by atoms with Crippen LogP contribution in [0, 0.1) is 0 Å². The van der Waals surface area contributed by atoms with Crippen LogP contribution in [0.2, 0.25) is 0 Å². The highest BCUT2D eigenvalue weighted by molar-refractivity contribution is 7.88. The quantitative estimate of drug-likeness (QED) is 0.720. The molecule has 0 aliphatic rings. The number of carboxylic acid groups (broad SMARTS) is 1. The van der Waals surface area contributed by atoms with Crippen molar-refractivity contribution in [3.63, 3.8) is 0 Å². The maximum Gasteiger partial charge on any atom is 0.420 e. The lowest BCUT2D eigenvalue weighted by molar-refractivity contribution is 0.178. The second-order valence-corrected chi connectivity index (χ2v) is 7.14. The number of hydrogen-bond donors (Lipinski definition) is 2. The van der Waals surface area contributed by atoms with Gasteiger partial charge in [-0.2, -0.15) is 9.97 Å². The van der Waals surface area contributed by atoms with Crippen LogP contribution in [0.25, 0.3) is 0 Å². The SMILES string of the molecule is COc1nc(CN)cc(Oc2ccc(CS(=O)(=O)N(C)C(=O)O)cc2)n1. The van der Waals surface area contributed by atoms with Gasteiger partial charge in [-0.1, -0.05) is 12.1 Å². The maximum atomic E-state index is 11.9. The van der Waals surface area contributed by atoms with Crippen LogP contribution in [-0.4, -0.2) is 48.0 Å². The van der Waals surface area contributed by atoms with E-state index < -0.39 is 21.9 Å². The Balaban J connectivity index is 2.14. The molecule has 0 unspecified atom stereocenters. The van der Waals surface area contributed by atoms with E-state index in [2.05, 4.69) is 9.97 Å². The minimum atomic E-state index is -3.96. The molecule has 0 radical (unpaired) electrons. The van der Waals surface area contributed by atoms with Crippen molar-refractivity contribution in [2.45, 2.75) is 12.3 Å². The summed E-state index contributed by atoms with van der Waals surface area (Å²) in [5, 5.41) is 8.78. The van der Waals surface area contributed by atoms with Gasteiger partial charge in [-0.3, -0.25) is 0 Å². The summed E-state index contributed by atoms with van der Waals surface area (Å²) in [6.45, 7) is 0.184. The normalized spacial score (nSPS) is 11.0. The number of sulfonamides is 1. The molecule has 0 aliphatic heterocycles. The van der Waals surface area contributed by atoms with Crippen LogP contribution in [-0.2, 0) is 22.3 Å². The van der Waals surface area contributed by atoms with Crippen molar-refractivity contribution in [2.75, 3.05) is 14.2 Å². The molecule has 0 atom stereocenters. The number of nitrogens with two attached hydrogens (primary N) is 1. The molecule has 0 saturated heterocycles. The van der Waals surface area contributed by atoms with Crippen molar-refractivity contribution in [3.05, 3.63) is 41.6 Å². The van der Waals surface area contributed by atoms with Crippen molar-refractivity contribution in [1.82, 2.24) is 14.3 Å². The number of rotatable bonds is 7. The zero-order chi connectivity index (χ0) is 19.3. The fraction of sp³-hybridized carbons (Fsp3) is 0.267. The first-order chi connectivity index (χ1) is 12.2. The summed E-state index contributed by atoms with van der Waals surface area (Å²) in [5.74, 6) is 0.180. The molecule has 0 saturated carbocycles. The molecule has 1 heterocycles. The first-order valence-electron chi connectivity index (χ1n) is 7.33. The molecule has 0 spiro atoms. The number of aromatic nitrogens is 2. The van der Waals surface area contributed by atoms with Gasteiger partial charge in [0.2, 0.25) is 15.9 Å². The Morgan fingerprint density at radius 3 is 2.46 bits per heavy atom. The second-order valence-electron chi connectivity index (χ2n) is 5.14. The molecule has 0 aliphatic carbocycles. The highest BCUT2D eigenvalue weighted by Crippen LogP contribution is 2.23. The molecule has 0 fully saturated rings. The van der Waals surface area contributed by atoms with Crippen LogP contribution in [0.1, 0.15) is 11.3 Å². The lowest BCUT2D eigenvalue weighted by atomic mass is 10.2. The van der Waals surface area contributed by atoms with Crippen LogP contribution in [0.5, 0.6) is 17.6 Å². The van der Waals surface area contributed by atoms with Crippen LogP contribution in [0.15, 0.2) is 30.3 Å². The number of methoxy groups -OCH3 is 1. The molecule has 26 heavy (non-hydrogen) atoms. The van der Waals surface area contributed by atoms with E-state index in [0.29, 0.717) is 17.0 Å². The zero-order valence-electron chi connectivity index (χ0n) is 14.1.